The summed E-state index contributed by atoms with van der Waals surface area (Å²) in [5.41, 5.74) is 0.455. The van der Waals surface area contributed by atoms with Crippen molar-refractivity contribution in [3.05, 3.63) is 44.8 Å². The van der Waals surface area contributed by atoms with Crippen LogP contribution in [0.2, 0.25) is 0 Å². The average Bonchev–Trinajstić information content (AvgIpc) is 2.98. The van der Waals surface area contributed by atoms with Crippen molar-refractivity contribution in [3.63, 3.8) is 0 Å². The molecule has 0 fully saturated rings. The van der Waals surface area contributed by atoms with Crippen LogP contribution in [0.5, 0.6) is 0 Å². The van der Waals surface area contributed by atoms with E-state index in [1.54, 1.807) is 12.1 Å². The lowest BCUT2D eigenvalue weighted by Gasteiger charge is -2.12. The van der Waals surface area contributed by atoms with Crippen molar-refractivity contribution in [2.24, 2.45) is 0 Å². The maximum absolute atomic E-state index is 12.7. The summed E-state index contributed by atoms with van der Waals surface area (Å²) in [6, 6.07) is 7.28. The topological polar surface area (TPSA) is 109 Å². The monoisotopic (exact) mass is 491 g/mol. The van der Waals surface area contributed by atoms with Crippen molar-refractivity contribution in [2.75, 3.05) is 4.72 Å². The van der Waals surface area contributed by atoms with Gasteiger partial charge in [-0.3, -0.25) is 4.72 Å². The van der Waals surface area contributed by atoms with E-state index >= 15 is 0 Å². The second kappa shape index (κ2) is 6.39. The lowest BCUT2D eigenvalue weighted by atomic mass is 10.2. The first-order chi connectivity index (χ1) is 11.3. The van der Waals surface area contributed by atoms with Gasteiger partial charge in [0.2, 0.25) is 0 Å². The number of fused-ring (bicyclic) bond motifs is 1. The van der Waals surface area contributed by atoms with Gasteiger partial charge in [0.15, 0.2) is 0 Å². The molecule has 3 rings (SSSR count). The third-order valence-electron chi connectivity index (χ3n) is 3.07. The molecule has 7 nitrogen and oxygen atoms in total. The number of aromatic nitrogens is 2. The van der Waals surface area contributed by atoms with E-state index in [4.69, 9.17) is 0 Å². The molecule has 11 heteroatoms. The van der Waals surface area contributed by atoms with Crippen LogP contribution >= 0.6 is 43.6 Å². The van der Waals surface area contributed by atoms with Crippen molar-refractivity contribution in [1.82, 2.24) is 8.75 Å². The fourth-order valence-corrected chi connectivity index (χ4v) is 4.53. The van der Waals surface area contributed by atoms with Crippen LogP contribution in [0.1, 0.15) is 10.4 Å². The number of carbonyl (C=O) groups is 1. The highest BCUT2D eigenvalue weighted by Gasteiger charge is 2.23. The number of carboxylic acid groups (broad SMARTS) is 1. The molecule has 0 amide bonds. The SMILES string of the molecule is O=C(O)c1cc(Br)c(Br)cc1NS(=O)(=O)c1cccc2nsnc12. The summed E-state index contributed by atoms with van der Waals surface area (Å²) in [6.45, 7) is 0. The van der Waals surface area contributed by atoms with Crippen LogP contribution in [0, 0.1) is 0 Å². The Morgan fingerprint density at radius 3 is 2.58 bits per heavy atom. The molecule has 0 atom stereocenters. The van der Waals surface area contributed by atoms with Crippen LogP contribution < -0.4 is 4.72 Å². The van der Waals surface area contributed by atoms with Gasteiger partial charge in [-0.15, -0.1) is 0 Å². The number of carboxylic acids is 1. The molecule has 0 aliphatic heterocycles. The van der Waals surface area contributed by atoms with Gasteiger partial charge in [-0.25, -0.2) is 13.2 Å². The molecule has 0 spiro atoms. The van der Waals surface area contributed by atoms with Gasteiger partial charge in [0.1, 0.15) is 15.9 Å². The number of rotatable bonds is 4. The standard InChI is InChI=1S/C13H7Br2N3O4S2/c14-7-4-6(13(19)20)10(5-8(7)15)18-24(21,22)11-3-1-2-9-12(11)17-23-16-9/h1-5,18H,(H,19,20). The maximum atomic E-state index is 12.7. The molecule has 3 aromatic rings. The van der Waals surface area contributed by atoms with Crippen LogP contribution in [-0.4, -0.2) is 28.2 Å². The summed E-state index contributed by atoms with van der Waals surface area (Å²) in [5.74, 6) is -1.26. The van der Waals surface area contributed by atoms with E-state index < -0.39 is 16.0 Å². The Hall–Kier alpha value is -1.56. The van der Waals surface area contributed by atoms with E-state index in [-0.39, 0.29) is 21.7 Å². The van der Waals surface area contributed by atoms with Gasteiger partial charge in [-0.1, -0.05) is 6.07 Å². The molecule has 0 aliphatic carbocycles. The number of hydrogen-bond donors (Lipinski definition) is 2. The minimum absolute atomic E-state index is 0.0576. The van der Waals surface area contributed by atoms with Crippen molar-refractivity contribution in [1.29, 1.82) is 0 Å². The second-order valence-corrected chi connectivity index (χ2v) is 8.50. The molecule has 0 saturated carbocycles. The zero-order valence-corrected chi connectivity index (χ0v) is 16.3. The van der Waals surface area contributed by atoms with Gasteiger partial charge < -0.3 is 5.11 Å². The predicted molar refractivity (Wildman–Crippen MR) is 97.0 cm³/mol. The minimum atomic E-state index is -4.04. The molecule has 2 aromatic carbocycles. The largest absolute Gasteiger partial charge is 0.478 e. The zero-order chi connectivity index (χ0) is 17.5. The quantitative estimate of drug-likeness (QED) is 0.574. The van der Waals surface area contributed by atoms with Crippen molar-refractivity contribution in [3.8, 4) is 0 Å². The molecule has 24 heavy (non-hydrogen) atoms. The highest BCUT2D eigenvalue weighted by Crippen LogP contribution is 2.32. The summed E-state index contributed by atoms with van der Waals surface area (Å²) in [7, 11) is -4.04. The van der Waals surface area contributed by atoms with E-state index in [9.17, 15) is 18.3 Å². The lowest BCUT2D eigenvalue weighted by Crippen LogP contribution is -2.16. The predicted octanol–water partition coefficient (Wildman–Crippen LogP) is 3.72. The van der Waals surface area contributed by atoms with Gasteiger partial charge in [0.25, 0.3) is 10.0 Å². The number of nitrogens with one attached hydrogen (secondary N) is 1. The second-order valence-electron chi connectivity index (χ2n) is 4.61. The summed E-state index contributed by atoms with van der Waals surface area (Å²) >= 11 is 7.33. The van der Waals surface area contributed by atoms with Crippen LogP contribution in [0.4, 0.5) is 5.69 Å². The third kappa shape index (κ3) is 3.16. The Kier molecular flexibility index (Phi) is 4.60. The van der Waals surface area contributed by atoms with E-state index in [0.29, 0.717) is 14.5 Å². The molecule has 1 heterocycles. The Balaban J connectivity index is 2.12. The summed E-state index contributed by atoms with van der Waals surface area (Å²) < 4.78 is 36.7. The van der Waals surface area contributed by atoms with Gasteiger partial charge in [0.05, 0.1) is 23.0 Å². The first-order valence-electron chi connectivity index (χ1n) is 6.26. The zero-order valence-electron chi connectivity index (χ0n) is 11.5. The first-order valence-corrected chi connectivity index (χ1v) is 10.1. The Bertz CT molecular complexity index is 1070. The fourth-order valence-electron chi connectivity index (χ4n) is 2.01. The van der Waals surface area contributed by atoms with Crippen molar-refractivity contribution >= 4 is 76.3 Å². The van der Waals surface area contributed by atoms with E-state index in [0.717, 1.165) is 11.7 Å². The third-order valence-corrected chi connectivity index (χ3v) is 6.86. The van der Waals surface area contributed by atoms with Crippen molar-refractivity contribution in [2.45, 2.75) is 4.90 Å². The molecule has 0 unspecified atom stereocenters. The summed E-state index contributed by atoms with van der Waals surface area (Å²) in [6.07, 6.45) is 0. The van der Waals surface area contributed by atoms with Gasteiger partial charge >= 0.3 is 5.97 Å². The lowest BCUT2D eigenvalue weighted by molar-refractivity contribution is 0.0698. The molecule has 0 aliphatic rings. The Morgan fingerprint density at radius 1 is 1.17 bits per heavy atom. The molecule has 2 N–H and O–H groups in total. The smallest absolute Gasteiger partial charge is 0.337 e. The normalized spacial score (nSPS) is 11.6. The number of benzene rings is 2. The van der Waals surface area contributed by atoms with E-state index in [2.05, 4.69) is 45.3 Å². The van der Waals surface area contributed by atoms with Crippen LogP contribution in [0.15, 0.2) is 44.2 Å². The highest BCUT2D eigenvalue weighted by atomic mass is 79.9. The molecule has 0 radical (unpaired) electrons. The first kappa shape index (κ1) is 17.3. The molecule has 0 bridgehead atoms. The molecule has 124 valence electrons. The van der Waals surface area contributed by atoms with E-state index in [1.165, 1.54) is 18.2 Å². The van der Waals surface area contributed by atoms with Crippen LogP contribution in [0.3, 0.4) is 0 Å². The molecule has 0 saturated heterocycles. The Morgan fingerprint density at radius 2 is 1.88 bits per heavy atom. The molecule has 1 aromatic heterocycles. The number of anilines is 1. The number of nitrogens with zero attached hydrogens (tertiary/aromatic N) is 2. The van der Waals surface area contributed by atoms with Crippen LogP contribution in [-0.2, 0) is 10.0 Å². The maximum Gasteiger partial charge on any atom is 0.337 e. The number of hydrogen-bond acceptors (Lipinski definition) is 6. The van der Waals surface area contributed by atoms with Gasteiger partial charge in [0, 0.05) is 8.95 Å². The van der Waals surface area contributed by atoms with E-state index in [1.807, 2.05) is 0 Å². The highest BCUT2D eigenvalue weighted by molar-refractivity contribution is 9.13. The van der Waals surface area contributed by atoms with Crippen LogP contribution in [0.25, 0.3) is 11.0 Å². The number of halogens is 2. The summed E-state index contributed by atoms with van der Waals surface area (Å²) in [4.78, 5) is 11.3. The number of sulfonamides is 1. The molecular weight excluding hydrogens is 486 g/mol. The van der Waals surface area contributed by atoms with Crippen molar-refractivity contribution < 1.29 is 18.3 Å². The average molecular weight is 493 g/mol. The molecular formula is C13H7Br2N3O4S2. The Labute approximate surface area is 157 Å². The van der Waals surface area contributed by atoms with Gasteiger partial charge in [-0.05, 0) is 56.1 Å². The van der Waals surface area contributed by atoms with Gasteiger partial charge in [-0.2, -0.15) is 8.75 Å². The minimum Gasteiger partial charge on any atom is -0.478 e. The number of aromatic carboxylic acids is 1. The fraction of sp³-hybridized carbons (Fsp3) is 0. The summed E-state index contributed by atoms with van der Waals surface area (Å²) in [5, 5.41) is 9.30.